The molecule has 2 heterocycles. The van der Waals surface area contributed by atoms with Gasteiger partial charge in [0.1, 0.15) is 0 Å². The van der Waals surface area contributed by atoms with Crippen LogP contribution in [0.25, 0.3) is 0 Å². The first-order chi connectivity index (χ1) is 8.05. The van der Waals surface area contributed by atoms with Gasteiger partial charge in [-0.25, -0.2) is 0 Å². The van der Waals surface area contributed by atoms with Crippen molar-refractivity contribution in [3.05, 3.63) is 0 Å². The van der Waals surface area contributed by atoms with Crippen molar-refractivity contribution in [1.29, 1.82) is 0 Å². The Morgan fingerprint density at radius 3 is 2.59 bits per heavy atom. The van der Waals surface area contributed by atoms with Crippen molar-refractivity contribution in [1.82, 2.24) is 8.61 Å². The molecule has 2 aliphatic heterocycles. The Hall–Kier alpha value is 0.160. The zero-order valence-corrected chi connectivity index (χ0v) is 11.9. The second-order valence-corrected chi connectivity index (χ2v) is 7.36. The Balaban J connectivity index is 2.12. The van der Waals surface area contributed by atoms with E-state index in [-0.39, 0.29) is 6.04 Å². The molecule has 17 heavy (non-hydrogen) atoms. The number of alkyl halides is 1. The van der Waals surface area contributed by atoms with Gasteiger partial charge in [-0.2, -0.15) is 17.0 Å². The molecule has 0 spiro atoms. The van der Waals surface area contributed by atoms with Crippen molar-refractivity contribution >= 4 is 21.8 Å². The normalized spacial score (nSPS) is 33.1. The Morgan fingerprint density at radius 1 is 1.24 bits per heavy atom. The van der Waals surface area contributed by atoms with Crippen LogP contribution < -0.4 is 0 Å². The molecule has 0 aliphatic carbocycles. The first kappa shape index (κ1) is 13.6. The zero-order valence-electron chi connectivity index (χ0n) is 10.3. The molecule has 0 aromatic carbocycles. The lowest BCUT2D eigenvalue weighted by atomic mass is 10.0. The maximum atomic E-state index is 12.5. The van der Waals surface area contributed by atoms with Gasteiger partial charge in [-0.1, -0.05) is 6.92 Å². The van der Waals surface area contributed by atoms with Gasteiger partial charge in [0.25, 0.3) is 10.2 Å². The van der Waals surface area contributed by atoms with Gasteiger partial charge in [0.15, 0.2) is 0 Å². The molecule has 0 saturated carbocycles. The predicted octanol–water partition coefficient (Wildman–Crippen LogP) is 1.67. The maximum Gasteiger partial charge on any atom is 0.282 e. The molecule has 0 N–H and O–H groups in total. The molecule has 4 nitrogen and oxygen atoms in total. The van der Waals surface area contributed by atoms with Crippen LogP contribution in [-0.2, 0) is 10.2 Å². The van der Waals surface area contributed by atoms with E-state index in [1.807, 2.05) is 0 Å². The Morgan fingerprint density at radius 2 is 1.94 bits per heavy atom. The summed E-state index contributed by atoms with van der Waals surface area (Å²) in [5.41, 5.74) is 0. The van der Waals surface area contributed by atoms with Gasteiger partial charge in [0, 0.05) is 31.6 Å². The van der Waals surface area contributed by atoms with Gasteiger partial charge < -0.3 is 0 Å². The highest BCUT2D eigenvalue weighted by Gasteiger charge is 2.38. The second-order valence-electron chi connectivity index (χ2n) is 5.17. The molecule has 6 heteroatoms. The molecule has 2 aliphatic rings. The number of nitrogens with zero attached hydrogens (tertiary/aromatic N) is 2. The van der Waals surface area contributed by atoms with E-state index in [0.717, 1.165) is 25.7 Å². The summed E-state index contributed by atoms with van der Waals surface area (Å²) >= 11 is 5.85. The number of hydrogen-bond acceptors (Lipinski definition) is 2. The first-order valence-corrected chi connectivity index (χ1v) is 8.31. The summed E-state index contributed by atoms with van der Waals surface area (Å²) in [4.78, 5) is 0. The Kier molecular flexibility index (Phi) is 4.34. The molecule has 0 bridgehead atoms. The van der Waals surface area contributed by atoms with Crippen molar-refractivity contribution in [2.24, 2.45) is 5.92 Å². The Bertz CT molecular complexity index is 360. The lowest BCUT2D eigenvalue weighted by molar-refractivity contribution is 0.256. The van der Waals surface area contributed by atoms with E-state index in [1.165, 1.54) is 0 Å². The summed E-state index contributed by atoms with van der Waals surface area (Å²) in [5.74, 6) is 0.874. The zero-order chi connectivity index (χ0) is 12.5. The van der Waals surface area contributed by atoms with Crippen LogP contribution in [0.3, 0.4) is 0 Å². The maximum absolute atomic E-state index is 12.5. The molecule has 0 amide bonds. The van der Waals surface area contributed by atoms with E-state index in [9.17, 15) is 8.42 Å². The third kappa shape index (κ3) is 2.78. The van der Waals surface area contributed by atoms with Crippen molar-refractivity contribution in [2.45, 2.75) is 38.6 Å². The quantitative estimate of drug-likeness (QED) is 0.738. The molecule has 100 valence electrons. The fraction of sp³-hybridized carbons (Fsp3) is 1.00. The van der Waals surface area contributed by atoms with Crippen LogP contribution in [0.2, 0.25) is 0 Å². The SMILES string of the molecule is CC1CCCN(S(=O)(=O)N2CCCC2CCl)C1. The molecule has 0 aromatic rings. The van der Waals surface area contributed by atoms with Gasteiger partial charge in [0.05, 0.1) is 0 Å². The van der Waals surface area contributed by atoms with Gasteiger partial charge in [-0.05, 0) is 31.6 Å². The molecule has 0 aromatic heterocycles. The van der Waals surface area contributed by atoms with Crippen molar-refractivity contribution in [3.8, 4) is 0 Å². The lowest BCUT2D eigenvalue weighted by Gasteiger charge is -2.34. The molecule has 2 rings (SSSR count). The molecule has 2 unspecified atom stereocenters. The summed E-state index contributed by atoms with van der Waals surface area (Å²) in [6, 6.07) is -0.00102. The van der Waals surface area contributed by atoms with Crippen LogP contribution in [0.5, 0.6) is 0 Å². The van der Waals surface area contributed by atoms with E-state index in [0.29, 0.717) is 31.4 Å². The van der Waals surface area contributed by atoms with Crippen LogP contribution in [0.15, 0.2) is 0 Å². The van der Waals surface area contributed by atoms with Crippen molar-refractivity contribution < 1.29 is 8.42 Å². The third-order valence-electron chi connectivity index (χ3n) is 3.74. The van der Waals surface area contributed by atoms with E-state index in [1.54, 1.807) is 8.61 Å². The van der Waals surface area contributed by atoms with E-state index in [4.69, 9.17) is 11.6 Å². The average molecular weight is 281 g/mol. The molecule has 2 fully saturated rings. The van der Waals surface area contributed by atoms with Crippen LogP contribution in [0.1, 0.15) is 32.6 Å². The van der Waals surface area contributed by atoms with Crippen LogP contribution in [0.4, 0.5) is 0 Å². The number of hydrogen-bond donors (Lipinski definition) is 0. The van der Waals surface area contributed by atoms with Crippen LogP contribution in [-0.4, -0.2) is 48.6 Å². The smallest absolute Gasteiger partial charge is 0.195 e. The number of piperidine rings is 1. The number of rotatable bonds is 3. The number of halogens is 1. The van der Waals surface area contributed by atoms with Crippen molar-refractivity contribution in [3.63, 3.8) is 0 Å². The minimum absolute atomic E-state index is 0.00102. The highest BCUT2D eigenvalue weighted by atomic mass is 35.5. The minimum atomic E-state index is -3.27. The predicted molar refractivity (Wildman–Crippen MR) is 69.3 cm³/mol. The third-order valence-corrected chi connectivity index (χ3v) is 6.16. The fourth-order valence-corrected chi connectivity index (χ4v) is 5.19. The van der Waals surface area contributed by atoms with Crippen LogP contribution in [0, 0.1) is 5.92 Å². The Labute approximate surface area is 109 Å². The highest BCUT2D eigenvalue weighted by Crippen LogP contribution is 2.27. The average Bonchev–Trinajstić information content (AvgIpc) is 2.77. The molecular weight excluding hydrogens is 260 g/mol. The lowest BCUT2D eigenvalue weighted by Crippen LogP contribution is -2.49. The van der Waals surface area contributed by atoms with Gasteiger partial charge in [-0.15, -0.1) is 11.6 Å². The summed E-state index contributed by atoms with van der Waals surface area (Å²) < 4.78 is 28.2. The monoisotopic (exact) mass is 280 g/mol. The van der Waals surface area contributed by atoms with E-state index in [2.05, 4.69) is 6.92 Å². The molecular formula is C11H21ClN2O2S. The standard InChI is InChI=1S/C11H21ClN2O2S/c1-10-4-2-6-13(9-10)17(15,16)14-7-3-5-11(14)8-12/h10-11H,2-9H2,1H3. The summed E-state index contributed by atoms with van der Waals surface area (Å²) in [5, 5.41) is 0. The molecule has 2 atom stereocenters. The fourth-order valence-electron chi connectivity index (χ4n) is 2.77. The van der Waals surface area contributed by atoms with Gasteiger partial charge in [0.2, 0.25) is 0 Å². The van der Waals surface area contributed by atoms with E-state index >= 15 is 0 Å². The summed E-state index contributed by atoms with van der Waals surface area (Å²) in [7, 11) is -3.27. The molecule has 0 radical (unpaired) electrons. The second kappa shape index (κ2) is 5.43. The summed E-state index contributed by atoms with van der Waals surface area (Å²) in [6.07, 6.45) is 3.93. The van der Waals surface area contributed by atoms with Crippen molar-refractivity contribution in [2.75, 3.05) is 25.5 Å². The largest absolute Gasteiger partial charge is 0.282 e. The first-order valence-electron chi connectivity index (χ1n) is 6.38. The van der Waals surface area contributed by atoms with Gasteiger partial charge >= 0.3 is 0 Å². The topological polar surface area (TPSA) is 40.6 Å². The van der Waals surface area contributed by atoms with Crippen LogP contribution >= 0.6 is 11.6 Å². The molecule has 2 saturated heterocycles. The van der Waals surface area contributed by atoms with Gasteiger partial charge in [-0.3, -0.25) is 0 Å². The summed E-state index contributed by atoms with van der Waals surface area (Å²) in [6.45, 7) is 4.07. The highest BCUT2D eigenvalue weighted by molar-refractivity contribution is 7.86. The minimum Gasteiger partial charge on any atom is -0.195 e. The van der Waals surface area contributed by atoms with E-state index < -0.39 is 10.2 Å².